The first-order valence-electron chi connectivity index (χ1n) is 12.2. The number of allylic oxidation sites excluding steroid dienone is 1. The Balaban J connectivity index is 1.63. The molecule has 202 valence electrons. The van der Waals surface area contributed by atoms with E-state index >= 15 is 0 Å². The predicted molar refractivity (Wildman–Crippen MR) is 154 cm³/mol. The molecule has 0 bridgehead atoms. The van der Waals surface area contributed by atoms with Crippen LogP contribution in [0, 0.1) is 0 Å². The van der Waals surface area contributed by atoms with E-state index < -0.39 is 5.97 Å². The van der Waals surface area contributed by atoms with Crippen molar-refractivity contribution in [1.82, 2.24) is 9.66 Å². The van der Waals surface area contributed by atoms with Crippen molar-refractivity contribution < 1.29 is 23.4 Å². The molecule has 0 N–H and O–H groups in total. The molecule has 2 aromatic heterocycles. The average Bonchev–Trinajstić information content (AvgIpc) is 3.38. The molecule has 0 radical (unpaired) electrons. The van der Waals surface area contributed by atoms with E-state index in [4.69, 9.17) is 30.5 Å². The van der Waals surface area contributed by atoms with Crippen LogP contribution in [-0.4, -0.2) is 42.7 Å². The summed E-state index contributed by atoms with van der Waals surface area (Å²) in [7, 11) is 2.77. The smallest absolute Gasteiger partial charge is 0.343 e. The number of para-hydroxylation sites is 1. The van der Waals surface area contributed by atoms with Crippen molar-refractivity contribution in [3.8, 4) is 23.1 Å². The number of hydrogen-bond donors (Lipinski definition) is 0. The van der Waals surface area contributed by atoms with Crippen LogP contribution in [0.5, 0.6) is 11.5 Å². The number of nitrogens with zero attached hydrogens (tertiary/aromatic N) is 3. The summed E-state index contributed by atoms with van der Waals surface area (Å²) < 4.78 is 23.1. The fraction of sp³-hybridized carbons (Fsp3) is 0.133. The average molecular weight is 558 g/mol. The van der Waals surface area contributed by atoms with E-state index in [1.807, 2.05) is 12.1 Å². The molecule has 0 saturated carbocycles. The fourth-order valence-electron chi connectivity index (χ4n) is 4.21. The number of carbonyl (C=O) groups excluding carboxylic acids is 1. The van der Waals surface area contributed by atoms with Crippen molar-refractivity contribution in [2.75, 3.05) is 20.8 Å². The molecule has 0 atom stereocenters. The number of fused-ring (bicyclic) bond motifs is 2. The molecule has 0 aliphatic rings. The van der Waals surface area contributed by atoms with Crippen molar-refractivity contribution in [1.29, 1.82) is 0 Å². The molecular weight excluding hydrogens is 534 g/mol. The van der Waals surface area contributed by atoms with Gasteiger partial charge in [0.15, 0.2) is 23.9 Å². The van der Waals surface area contributed by atoms with E-state index in [0.717, 1.165) is 5.39 Å². The zero-order valence-corrected chi connectivity index (χ0v) is 22.5. The van der Waals surface area contributed by atoms with Gasteiger partial charge in [-0.1, -0.05) is 29.8 Å². The Morgan fingerprint density at radius 2 is 1.98 bits per heavy atom. The Kier molecular flexibility index (Phi) is 7.65. The number of carbonyl (C=O) groups is 1. The van der Waals surface area contributed by atoms with Gasteiger partial charge in [0.2, 0.25) is 5.82 Å². The number of benzene rings is 3. The summed E-state index contributed by atoms with van der Waals surface area (Å²) in [6, 6.07) is 17.5. The summed E-state index contributed by atoms with van der Waals surface area (Å²) in [5, 5.41) is 6.25. The van der Waals surface area contributed by atoms with Gasteiger partial charge in [-0.15, -0.1) is 6.58 Å². The topological polar surface area (TPSA) is 105 Å². The SMILES string of the molecule is C=CCc1cc(C=Nn2c(-c3cc4cc(Cl)ccc4o3)nc3ccccc3c2=O)cc(OC)c1OCC(=O)OC. The number of furan rings is 1. The Morgan fingerprint density at radius 1 is 1.15 bits per heavy atom. The van der Waals surface area contributed by atoms with Crippen molar-refractivity contribution in [2.24, 2.45) is 5.10 Å². The van der Waals surface area contributed by atoms with Crippen LogP contribution in [0.4, 0.5) is 0 Å². The van der Waals surface area contributed by atoms with Crippen LogP contribution in [0.3, 0.4) is 0 Å². The van der Waals surface area contributed by atoms with Crippen LogP contribution in [0.1, 0.15) is 11.1 Å². The van der Waals surface area contributed by atoms with Crippen LogP contribution >= 0.6 is 11.6 Å². The monoisotopic (exact) mass is 557 g/mol. The van der Waals surface area contributed by atoms with Crippen LogP contribution in [-0.2, 0) is 16.0 Å². The van der Waals surface area contributed by atoms with Gasteiger partial charge < -0.3 is 18.6 Å². The Bertz CT molecular complexity index is 1840. The second-order valence-corrected chi connectivity index (χ2v) is 9.11. The third kappa shape index (κ3) is 5.32. The molecule has 3 aromatic carbocycles. The van der Waals surface area contributed by atoms with E-state index in [9.17, 15) is 9.59 Å². The standard InChI is InChI=1S/C30H24ClN3O6/c1-4-7-19-12-18(13-25(37-2)28(19)39-17-27(35)38-3)16-32-34-29(33-23-9-6-5-8-22(23)30(34)36)26-15-20-14-21(31)10-11-24(20)40-26/h4-6,8-16H,1,7,17H2,2-3H3. The number of halogens is 1. The molecule has 5 aromatic rings. The van der Waals surface area contributed by atoms with E-state index in [0.29, 0.717) is 56.3 Å². The largest absolute Gasteiger partial charge is 0.493 e. The van der Waals surface area contributed by atoms with Crippen LogP contribution in [0.25, 0.3) is 33.5 Å². The van der Waals surface area contributed by atoms with Crippen molar-refractivity contribution in [3.63, 3.8) is 0 Å². The quantitative estimate of drug-likeness (QED) is 0.131. The lowest BCUT2D eigenvalue weighted by Crippen LogP contribution is -2.20. The van der Waals surface area contributed by atoms with Gasteiger partial charge in [-0.2, -0.15) is 9.78 Å². The number of rotatable bonds is 9. The van der Waals surface area contributed by atoms with Gasteiger partial charge in [-0.25, -0.2) is 9.78 Å². The molecule has 0 aliphatic heterocycles. The normalized spacial score (nSPS) is 11.3. The van der Waals surface area contributed by atoms with Gasteiger partial charge in [0.1, 0.15) is 5.58 Å². The summed E-state index contributed by atoms with van der Waals surface area (Å²) in [6.07, 6.45) is 3.64. The van der Waals surface area contributed by atoms with Gasteiger partial charge in [0.05, 0.1) is 31.3 Å². The molecular formula is C30H24ClN3O6. The molecule has 5 rings (SSSR count). The maximum atomic E-state index is 13.6. The summed E-state index contributed by atoms with van der Waals surface area (Å²) >= 11 is 6.16. The first-order chi connectivity index (χ1) is 19.4. The van der Waals surface area contributed by atoms with E-state index in [2.05, 4.69) is 16.4 Å². The van der Waals surface area contributed by atoms with Crippen LogP contribution in [0.2, 0.25) is 5.02 Å². The highest BCUT2D eigenvalue weighted by Crippen LogP contribution is 2.34. The highest BCUT2D eigenvalue weighted by Gasteiger charge is 2.18. The Morgan fingerprint density at radius 3 is 2.75 bits per heavy atom. The van der Waals surface area contributed by atoms with E-state index in [-0.39, 0.29) is 18.0 Å². The van der Waals surface area contributed by atoms with Crippen LogP contribution in [0.15, 0.2) is 87.6 Å². The number of esters is 1. The number of methoxy groups -OCH3 is 2. The minimum Gasteiger partial charge on any atom is -0.493 e. The molecule has 10 heteroatoms. The third-order valence-corrected chi connectivity index (χ3v) is 6.31. The molecule has 9 nitrogen and oxygen atoms in total. The first kappa shape index (κ1) is 26.7. The van der Waals surface area contributed by atoms with Crippen molar-refractivity contribution >= 4 is 45.7 Å². The Hall–Kier alpha value is -4.89. The maximum absolute atomic E-state index is 13.6. The second kappa shape index (κ2) is 11.5. The fourth-order valence-corrected chi connectivity index (χ4v) is 4.39. The highest BCUT2D eigenvalue weighted by atomic mass is 35.5. The zero-order chi connectivity index (χ0) is 28.2. The highest BCUT2D eigenvalue weighted by molar-refractivity contribution is 6.31. The van der Waals surface area contributed by atoms with Gasteiger partial charge in [-0.05, 0) is 60.5 Å². The number of aromatic nitrogens is 2. The summed E-state index contributed by atoms with van der Waals surface area (Å²) in [5.41, 5.74) is 2.06. The van der Waals surface area contributed by atoms with E-state index in [1.165, 1.54) is 25.1 Å². The molecule has 0 saturated heterocycles. The van der Waals surface area contributed by atoms with E-state index in [1.54, 1.807) is 54.6 Å². The van der Waals surface area contributed by atoms with Gasteiger partial charge in [-0.3, -0.25) is 4.79 Å². The van der Waals surface area contributed by atoms with Gasteiger partial charge in [0.25, 0.3) is 5.56 Å². The molecule has 40 heavy (non-hydrogen) atoms. The minimum absolute atomic E-state index is 0.226. The summed E-state index contributed by atoms with van der Waals surface area (Å²) in [4.78, 5) is 29.9. The summed E-state index contributed by atoms with van der Waals surface area (Å²) in [6.45, 7) is 3.52. The Labute approximate surface area is 233 Å². The molecule has 0 fully saturated rings. The lowest BCUT2D eigenvalue weighted by Gasteiger charge is -2.15. The molecule has 0 amide bonds. The second-order valence-electron chi connectivity index (χ2n) is 8.68. The van der Waals surface area contributed by atoms with Gasteiger partial charge >= 0.3 is 5.97 Å². The molecule has 2 heterocycles. The van der Waals surface area contributed by atoms with Crippen LogP contribution < -0.4 is 15.0 Å². The lowest BCUT2D eigenvalue weighted by atomic mass is 10.1. The summed E-state index contributed by atoms with van der Waals surface area (Å²) in [5.74, 6) is 0.817. The maximum Gasteiger partial charge on any atom is 0.343 e. The molecule has 0 unspecified atom stereocenters. The minimum atomic E-state index is -0.527. The lowest BCUT2D eigenvalue weighted by molar-refractivity contribution is -0.142. The third-order valence-electron chi connectivity index (χ3n) is 6.08. The van der Waals surface area contributed by atoms with Gasteiger partial charge in [0, 0.05) is 16.0 Å². The first-order valence-corrected chi connectivity index (χ1v) is 12.6. The van der Waals surface area contributed by atoms with Crippen molar-refractivity contribution in [2.45, 2.75) is 6.42 Å². The predicted octanol–water partition coefficient (Wildman–Crippen LogP) is 5.63. The number of ether oxygens (including phenoxy) is 3. The number of hydrogen-bond acceptors (Lipinski definition) is 8. The molecule has 0 spiro atoms. The molecule has 0 aliphatic carbocycles. The van der Waals surface area contributed by atoms with Crippen molar-refractivity contribution in [3.05, 3.63) is 99.8 Å². The zero-order valence-electron chi connectivity index (χ0n) is 21.7.